The predicted molar refractivity (Wildman–Crippen MR) is 102 cm³/mol. The fraction of sp³-hybridized carbons (Fsp3) is 0.545. The predicted octanol–water partition coefficient (Wildman–Crippen LogP) is 5.84. The van der Waals surface area contributed by atoms with E-state index in [1.165, 1.54) is 18.4 Å². The lowest BCUT2D eigenvalue weighted by Gasteiger charge is -2.36. The third kappa shape index (κ3) is 3.89. The summed E-state index contributed by atoms with van der Waals surface area (Å²) in [5.74, 6) is -0.301. The molecule has 4 nitrogen and oxygen atoms in total. The number of fused-ring (bicyclic) bond motifs is 3. The summed E-state index contributed by atoms with van der Waals surface area (Å²) in [7, 11) is 0. The quantitative estimate of drug-likeness (QED) is 0.562. The van der Waals surface area contributed by atoms with Gasteiger partial charge < -0.3 is 9.84 Å². The van der Waals surface area contributed by atoms with Crippen LogP contribution in [0.2, 0.25) is 0 Å². The van der Waals surface area contributed by atoms with E-state index in [4.69, 9.17) is 0 Å². The number of rotatable bonds is 4. The molecule has 1 heterocycles. The number of aryl methyl sites for hydroxylation is 1. The van der Waals surface area contributed by atoms with Crippen LogP contribution in [0.4, 0.5) is 30.7 Å². The number of alkyl halides is 7. The minimum atomic E-state index is -6.13. The minimum absolute atomic E-state index is 0.0734. The van der Waals surface area contributed by atoms with Gasteiger partial charge in [0.2, 0.25) is 0 Å². The number of amides is 1. The highest BCUT2D eigenvalue weighted by molar-refractivity contribution is 5.92. The van der Waals surface area contributed by atoms with Crippen LogP contribution in [0, 0.1) is 11.8 Å². The first-order chi connectivity index (χ1) is 15.3. The van der Waals surface area contributed by atoms with E-state index in [1.807, 2.05) is 6.92 Å². The van der Waals surface area contributed by atoms with E-state index in [-0.39, 0.29) is 41.8 Å². The molecule has 2 aromatic rings. The van der Waals surface area contributed by atoms with E-state index in [0.717, 1.165) is 12.5 Å². The van der Waals surface area contributed by atoms with E-state index >= 15 is 0 Å². The second kappa shape index (κ2) is 8.02. The van der Waals surface area contributed by atoms with Gasteiger partial charge in [-0.15, -0.1) is 0 Å². The highest BCUT2D eigenvalue weighted by Gasteiger charge is 2.73. The second-order valence-corrected chi connectivity index (χ2v) is 8.76. The van der Waals surface area contributed by atoms with Crippen LogP contribution in [0.15, 0.2) is 35.1 Å². The van der Waals surface area contributed by atoms with E-state index in [9.17, 15) is 35.5 Å². The summed E-state index contributed by atoms with van der Waals surface area (Å²) in [5.41, 5.74) is -5.77. The van der Waals surface area contributed by atoms with E-state index < -0.39 is 23.6 Å². The van der Waals surface area contributed by atoms with Crippen molar-refractivity contribution in [3.8, 4) is 0 Å². The number of hydrogen-bond donors (Lipinski definition) is 1. The van der Waals surface area contributed by atoms with Crippen molar-refractivity contribution in [3.05, 3.63) is 52.9 Å². The van der Waals surface area contributed by atoms with Gasteiger partial charge in [0.25, 0.3) is 5.91 Å². The maximum Gasteiger partial charge on any atom is 0.435 e. The molecule has 0 spiro atoms. The van der Waals surface area contributed by atoms with Crippen molar-refractivity contribution in [1.82, 2.24) is 10.5 Å². The molecule has 0 saturated heterocycles. The zero-order chi connectivity index (χ0) is 24.2. The van der Waals surface area contributed by atoms with Crippen LogP contribution in [0.1, 0.15) is 59.3 Å². The summed E-state index contributed by atoms with van der Waals surface area (Å²) in [6.07, 6.45) is -8.83. The molecule has 4 rings (SSSR count). The average molecular weight is 478 g/mol. The van der Waals surface area contributed by atoms with Gasteiger partial charge in [0.1, 0.15) is 6.26 Å². The van der Waals surface area contributed by atoms with Gasteiger partial charge in [-0.25, -0.2) is 4.39 Å². The molecular weight excluding hydrogens is 457 g/mol. The fourth-order valence-corrected chi connectivity index (χ4v) is 5.45. The molecule has 0 radical (unpaired) electrons. The van der Waals surface area contributed by atoms with Crippen molar-refractivity contribution in [1.29, 1.82) is 0 Å². The highest BCUT2D eigenvalue weighted by Crippen LogP contribution is 2.55. The summed E-state index contributed by atoms with van der Waals surface area (Å²) < 4.78 is 98.0. The summed E-state index contributed by atoms with van der Waals surface area (Å²) in [5, 5.41) is 6.47. The molecule has 1 amide bonds. The third-order valence-corrected chi connectivity index (χ3v) is 7.02. The van der Waals surface area contributed by atoms with E-state index in [0.29, 0.717) is 30.0 Å². The summed E-state index contributed by atoms with van der Waals surface area (Å²) in [6, 6.07) is 3.73. The molecule has 1 aromatic heterocycles. The van der Waals surface area contributed by atoms with Crippen molar-refractivity contribution in [2.75, 3.05) is 0 Å². The normalized spacial score (nSPS) is 24.2. The first-order valence-electron chi connectivity index (χ1n) is 10.5. The number of carbonyl (C=O) groups excluding carboxylic acids is 1. The molecular formula is C22H21F7N2O2. The molecule has 1 N–H and O–H groups in total. The van der Waals surface area contributed by atoms with E-state index in [2.05, 4.69) is 15.0 Å². The van der Waals surface area contributed by atoms with Gasteiger partial charge in [0, 0.05) is 17.7 Å². The molecule has 33 heavy (non-hydrogen) atoms. The third-order valence-electron chi connectivity index (χ3n) is 7.02. The van der Waals surface area contributed by atoms with Crippen LogP contribution in [-0.4, -0.2) is 29.5 Å². The first-order valence-corrected chi connectivity index (χ1v) is 10.5. The number of hydrogen-bond acceptors (Lipinski definition) is 3. The smallest absolute Gasteiger partial charge is 0.364 e. The molecule has 0 bridgehead atoms. The lowest BCUT2D eigenvalue weighted by molar-refractivity contribution is -0.348. The van der Waals surface area contributed by atoms with Crippen molar-refractivity contribution in [2.24, 2.45) is 11.8 Å². The van der Waals surface area contributed by atoms with Gasteiger partial charge in [-0.3, -0.25) is 4.79 Å². The SMILES string of the molecule is CC(NC(=O)c1ccon1)[C@@H]1CC[C@H]2c3ccc(C(F)(C(F)(F)F)C(F)(F)F)cc3CC[C@H]21. The minimum Gasteiger partial charge on any atom is -0.364 e. The van der Waals surface area contributed by atoms with Crippen LogP contribution >= 0.6 is 0 Å². The van der Waals surface area contributed by atoms with Crippen LogP contribution in [0.5, 0.6) is 0 Å². The topological polar surface area (TPSA) is 55.1 Å². The van der Waals surface area contributed by atoms with Crippen LogP contribution < -0.4 is 5.32 Å². The summed E-state index contributed by atoms with van der Waals surface area (Å²) >= 11 is 0. The zero-order valence-corrected chi connectivity index (χ0v) is 17.4. The molecule has 0 aliphatic heterocycles. The number of benzene rings is 1. The Hall–Kier alpha value is -2.59. The van der Waals surface area contributed by atoms with Crippen LogP contribution in [-0.2, 0) is 12.1 Å². The van der Waals surface area contributed by atoms with E-state index in [1.54, 1.807) is 0 Å². The Morgan fingerprint density at radius 3 is 2.36 bits per heavy atom. The van der Waals surface area contributed by atoms with Gasteiger partial charge >= 0.3 is 18.0 Å². The Kier molecular flexibility index (Phi) is 5.73. The standard InChI is InChI=1S/C22H21F7N2O2/c1-11(30-19(32)18-8-9-33-31-18)14-6-7-17-15-5-3-13(10-12(15)2-4-16(14)17)20(23,21(24,25)26)22(27,28)29/h3,5,8-11,14,16-17H,2,4,6-7H2,1H3,(H,30,32)/t11?,14-,16-,17-/m0/s1. The Labute approximate surface area is 184 Å². The lowest BCUT2D eigenvalue weighted by Crippen LogP contribution is -2.50. The molecule has 2 aliphatic rings. The number of carbonyl (C=O) groups is 1. The number of halogens is 7. The maximum absolute atomic E-state index is 14.5. The average Bonchev–Trinajstić information content (AvgIpc) is 3.41. The molecule has 11 heteroatoms. The molecule has 4 atom stereocenters. The van der Waals surface area contributed by atoms with Crippen molar-refractivity contribution >= 4 is 5.91 Å². The Morgan fingerprint density at radius 1 is 1.06 bits per heavy atom. The second-order valence-electron chi connectivity index (χ2n) is 8.76. The van der Waals surface area contributed by atoms with Gasteiger partial charge in [0.15, 0.2) is 5.69 Å². The number of aromatic nitrogens is 1. The van der Waals surface area contributed by atoms with Crippen molar-refractivity contribution < 1.29 is 40.1 Å². The maximum atomic E-state index is 14.5. The molecule has 180 valence electrons. The summed E-state index contributed by atoms with van der Waals surface area (Å²) in [4.78, 5) is 12.3. The molecule has 1 unspecified atom stereocenters. The molecule has 1 saturated carbocycles. The van der Waals surface area contributed by atoms with Gasteiger partial charge in [-0.2, -0.15) is 26.3 Å². The first kappa shape index (κ1) is 23.6. The number of nitrogens with one attached hydrogen (secondary N) is 1. The molecule has 1 fully saturated rings. The Bertz CT molecular complexity index is 1000. The van der Waals surface area contributed by atoms with Gasteiger partial charge in [0.05, 0.1) is 0 Å². The van der Waals surface area contributed by atoms with Gasteiger partial charge in [-0.05, 0) is 61.5 Å². The lowest BCUT2D eigenvalue weighted by atomic mass is 9.72. The van der Waals surface area contributed by atoms with Crippen molar-refractivity contribution in [3.63, 3.8) is 0 Å². The summed E-state index contributed by atoms with van der Waals surface area (Å²) in [6.45, 7) is 1.85. The van der Waals surface area contributed by atoms with Gasteiger partial charge in [-0.1, -0.05) is 23.4 Å². The largest absolute Gasteiger partial charge is 0.435 e. The van der Waals surface area contributed by atoms with Crippen molar-refractivity contribution in [2.45, 2.75) is 62.6 Å². The van der Waals surface area contributed by atoms with Crippen LogP contribution in [0.3, 0.4) is 0 Å². The highest BCUT2D eigenvalue weighted by atomic mass is 19.4. The molecule has 1 aromatic carbocycles. The Morgan fingerprint density at radius 2 is 1.76 bits per heavy atom. The molecule has 2 aliphatic carbocycles. The number of nitrogens with zero attached hydrogens (tertiary/aromatic N) is 1. The van der Waals surface area contributed by atoms with Crippen LogP contribution in [0.25, 0.3) is 0 Å². The zero-order valence-electron chi connectivity index (χ0n) is 17.4. The Balaban J connectivity index is 1.56. The monoisotopic (exact) mass is 478 g/mol. The fourth-order valence-electron chi connectivity index (χ4n) is 5.45.